The molecule has 0 spiro atoms. The van der Waals surface area contributed by atoms with Crippen LogP contribution in [0.3, 0.4) is 0 Å². The molecular formula is C17H17BrN2O5. The van der Waals surface area contributed by atoms with Gasteiger partial charge in [0, 0.05) is 17.7 Å². The lowest BCUT2D eigenvalue weighted by Gasteiger charge is -2.11. The Morgan fingerprint density at radius 2 is 1.96 bits per heavy atom. The number of hydrogen-bond donors (Lipinski definition) is 1. The predicted octanol–water partition coefficient (Wildman–Crippen LogP) is 4.41. The van der Waals surface area contributed by atoms with E-state index in [1.54, 1.807) is 18.2 Å². The second kappa shape index (κ2) is 8.48. The number of anilines is 1. The zero-order valence-corrected chi connectivity index (χ0v) is 15.3. The highest BCUT2D eigenvalue weighted by Crippen LogP contribution is 2.30. The Hall–Kier alpha value is -2.61. The third-order valence-corrected chi connectivity index (χ3v) is 3.92. The van der Waals surface area contributed by atoms with Crippen molar-refractivity contribution in [1.29, 1.82) is 0 Å². The number of rotatable bonds is 7. The highest BCUT2D eigenvalue weighted by molar-refractivity contribution is 9.10. The number of hydrogen-bond acceptors (Lipinski definition) is 5. The summed E-state index contributed by atoms with van der Waals surface area (Å²) in [6.07, 6.45) is 0.876. The molecule has 8 heteroatoms. The highest BCUT2D eigenvalue weighted by atomic mass is 79.9. The highest BCUT2D eigenvalue weighted by Gasteiger charge is 2.15. The van der Waals surface area contributed by atoms with Crippen LogP contribution in [-0.4, -0.2) is 24.5 Å². The third kappa shape index (κ3) is 4.69. The molecule has 1 amide bonds. The van der Waals surface area contributed by atoms with Crippen molar-refractivity contribution in [3.05, 3.63) is 56.5 Å². The van der Waals surface area contributed by atoms with Crippen LogP contribution in [0.4, 0.5) is 11.4 Å². The molecule has 25 heavy (non-hydrogen) atoms. The van der Waals surface area contributed by atoms with Crippen LogP contribution in [0.25, 0.3) is 0 Å². The van der Waals surface area contributed by atoms with Gasteiger partial charge in [0.05, 0.1) is 28.8 Å². The molecule has 0 unspecified atom stereocenters. The van der Waals surface area contributed by atoms with Gasteiger partial charge in [0.2, 0.25) is 0 Å². The molecule has 0 aliphatic rings. The number of nitro groups is 1. The van der Waals surface area contributed by atoms with Crippen molar-refractivity contribution >= 4 is 33.2 Å². The number of nitro benzene ring substituents is 1. The molecule has 2 rings (SSSR count). The summed E-state index contributed by atoms with van der Waals surface area (Å²) < 4.78 is 11.3. The molecule has 0 aliphatic carbocycles. The maximum absolute atomic E-state index is 12.4. The van der Waals surface area contributed by atoms with Gasteiger partial charge >= 0.3 is 0 Å². The molecule has 0 saturated carbocycles. The molecule has 0 atom stereocenters. The molecule has 0 radical (unpaired) electrons. The van der Waals surface area contributed by atoms with Crippen LogP contribution in [0.2, 0.25) is 0 Å². The first-order valence-corrected chi connectivity index (χ1v) is 8.31. The van der Waals surface area contributed by atoms with Gasteiger partial charge in [-0.05, 0) is 46.6 Å². The number of methoxy groups -OCH3 is 1. The average molecular weight is 409 g/mol. The summed E-state index contributed by atoms with van der Waals surface area (Å²) in [5.41, 5.74) is 0.467. The molecule has 0 heterocycles. The summed E-state index contributed by atoms with van der Waals surface area (Å²) in [5, 5.41) is 13.5. The van der Waals surface area contributed by atoms with Crippen LogP contribution in [-0.2, 0) is 0 Å². The second-order valence-electron chi connectivity index (χ2n) is 5.09. The summed E-state index contributed by atoms with van der Waals surface area (Å²) in [6, 6.07) is 8.94. The maximum Gasteiger partial charge on any atom is 0.271 e. The Bertz CT molecular complexity index is 795. The van der Waals surface area contributed by atoms with E-state index in [2.05, 4.69) is 21.2 Å². The topological polar surface area (TPSA) is 90.7 Å². The normalized spacial score (nSPS) is 10.2. The molecule has 0 aliphatic heterocycles. The predicted molar refractivity (Wildman–Crippen MR) is 97.5 cm³/mol. The Morgan fingerprint density at radius 1 is 1.24 bits per heavy atom. The monoisotopic (exact) mass is 408 g/mol. The van der Waals surface area contributed by atoms with Crippen LogP contribution >= 0.6 is 15.9 Å². The summed E-state index contributed by atoms with van der Waals surface area (Å²) >= 11 is 3.37. The van der Waals surface area contributed by atoms with E-state index in [-0.39, 0.29) is 11.4 Å². The Labute approximate surface area is 153 Å². The van der Waals surface area contributed by atoms with E-state index in [0.717, 1.165) is 6.42 Å². The molecule has 0 aromatic heterocycles. The van der Waals surface area contributed by atoms with Gasteiger partial charge in [-0.1, -0.05) is 6.92 Å². The van der Waals surface area contributed by atoms with E-state index in [1.165, 1.54) is 25.3 Å². The quantitative estimate of drug-likeness (QED) is 0.541. The van der Waals surface area contributed by atoms with E-state index in [0.29, 0.717) is 28.1 Å². The SMILES string of the molecule is CCCOc1ccc(C(=O)Nc2cc([N+](=O)[O-])ccc2OC)cc1Br. The number of nitrogens with one attached hydrogen (secondary N) is 1. The van der Waals surface area contributed by atoms with Gasteiger partial charge in [-0.15, -0.1) is 0 Å². The van der Waals surface area contributed by atoms with Crippen LogP contribution in [0.5, 0.6) is 11.5 Å². The molecule has 0 saturated heterocycles. The number of ether oxygens (including phenoxy) is 2. The van der Waals surface area contributed by atoms with E-state index in [9.17, 15) is 14.9 Å². The first-order chi connectivity index (χ1) is 12.0. The Balaban J connectivity index is 2.23. The molecule has 2 aromatic rings. The van der Waals surface area contributed by atoms with Gasteiger partial charge in [-0.3, -0.25) is 14.9 Å². The van der Waals surface area contributed by atoms with Gasteiger partial charge < -0.3 is 14.8 Å². The molecule has 0 fully saturated rings. The number of benzene rings is 2. The van der Waals surface area contributed by atoms with Crippen molar-refractivity contribution in [3.63, 3.8) is 0 Å². The average Bonchev–Trinajstić information content (AvgIpc) is 2.60. The first kappa shape index (κ1) is 18.7. The lowest BCUT2D eigenvalue weighted by molar-refractivity contribution is -0.384. The number of carbonyl (C=O) groups excluding carboxylic acids is 1. The zero-order valence-electron chi connectivity index (χ0n) is 13.7. The van der Waals surface area contributed by atoms with Crippen LogP contribution in [0.1, 0.15) is 23.7 Å². The second-order valence-corrected chi connectivity index (χ2v) is 5.94. The van der Waals surface area contributed by atoms with Crippen LogP contribution in [0.15, 0.2) is 40.9 Å². The van der Waals surface area contributed by atoms with Gasteiger partial charge in [-0.25, -0.2) is 0 Å². The fourth-order valence-electron chi connectivity index (χ4n) is 2.07. The summed E-state index contributed by atoms with van der Waals surface area (Å²) in [7, 11) is 1.42. The van der Waals surface area contributed by atoms with Crippen LogP contribution in [0, 0.1) is 10.1 Å². The van der Waals surface area contributed by atoms with Gasteiger partial charge in [0.1, 0.15) is 11.5 Å². The number of halogens is 1. The summed E-state index contributed by atoms with van der Waals surface area (Å²) in [6.45, 7) is 2.58. The fourth-order valence-corrected chi connectivity index (χ4v) is 2.57. The van der Waals surface area contributed by atoms with Crippen molar-refractivity contribution in [2.45, 2.75) is 13.3 Å². The van der Waals surface area contributed by atoms with Crippen molar-refractivity contribution < 1.29 is 19.2 Å². The zero-order chi connectivity index (χ0) is 18.4. The van der Waals surface area contributed by atoms with E-state index in [4.69, 9.17) is 9.47 Å². The molecule has 0 bridgehead atoms. The van der Waals surface area contributed by atoms with Gasteiger partial charge in [0.25, 0.3) is 11.6 Å². The number of nitrogens with zero attached hydrogens (tertiary/aromatic N) is 1. The van der Waals surface area contributed by atoms with Crippen molar-refractivity contribution in [2.24, 2.45) is 0 Å². The molecule has 1 N–H and O–H groups in total. The maximum atomic E-state index is 12.4. The van der Waals surface area contributed by atoms with E-state index in [1.807, 2.05) is 6.92 Å². The Kier molecular flexibility index (Phi) is 6.35. The molecular weight excluding hydrogens is 392 g/mol. The summed E-state index contributed by atoms with van der Waals surface area (Å²) in [5.74, 6) is 0.564. The minimum atomic E-state index is -0.536. The minimum absolute atomic E-state index is 0.138. The van der Waals surface area contributed by atoms with Crippen LogP contribution < -0.4 is 14.8 Å². The minimum Gasteiger partial charge on any atom is -0.495 e. The first-order valence-electron chi connectivity index (χ1n) is 7.52. The number of carbonyl (C=O) groups is 1. The molecule has 2 aromatic carbocycles. The third-order valence-electron chi connectivity index (χ3n) is 3.30. The van der Waals surface area contributed by atoms with Crippen molar-refractivity contribution in [1.82, 2.24) is 0 Å². The van der Waals surface area contributed by atoms with Gasteiger partial charge in [0.15, 0.2) is 0 Å². The standard InChI is InChI=1S/C17H17BrN2O5/c1-3-8-25-15-6-4-11(9-13(15)18)17(21)19-14-10-12(20(22)23)5-7-16(14)24-2/h4-7,9-10H,3,8H2,1-2H3,(H,19,21). The van der Waals surface area contributed by atoms with Crippen molar-refractivity contribution in [2.75, 3.05) is 19.0 Å². The smallest absolute Gasteiger partial charge is 0.271 e. The van der Waals surface area contributed by atoms with E-state index < -0.39 is 10.8 Å². The summed E-state index contributed by atoms with van der Waals surface area (Å²) in [4.78, 5) is 22.8. The van der Waals surface area contributed by atoms with Crippen molar-refractivity contribution in [3.8, 4) is 11.5 Å². The largest absolute Gasteiger partial charge is 0.495 e. The fraction of sp³-hybridized carbons (Fsp3) is 0.235. The molecule has 7 nitrogen and oxygen atoms in total. The molecule has 132 valence electrons. The van der Waals surface area contributed by atoms with Gasteiger partial charge in [-0.2, -0.15) is 0 Å². The van der Waals surface area contributed by atoms with E-state index >= 15 is 0 Å². The lowest BCUT2D eigenvalue weighted by atomic mass is 10.2. The number of amides is 1. The Morgan fingerprint density at radius 3 is 2.56 bits per heavy atom. The number of non-ortho nitro benzene ring substituents is 1. The lowest BCUT2D eigenvalue weighted by Crippen LogP contribution is -2.13.